The first-order valence-electron chi connectivity index (χ1n) is 9.38. The molecule has 0 radical (unpaired) electrons. The number of nitrogens with zero attached hydrogens (tertiary/aromatic N) is 2. The molecule has 0 aliphatic carbocycles. The zero-order chi connectivity index (χ0) is 21.9. The Balaban J connectivity index is 2.00. The molecular weight excluding hydrogens is 448 g/mol. The van der Waals surface area contributed by atoms with E-state index in [1.807, 2.05) is 6.92 Å². The van der Waals surface area contributed by atoms with Gasteiger partial charge >= 0.3 is 0 Å². The van der Waals surface area contributed by atoms with Gasteiger partial charge in [-0.25, -0.2) is 8.42 Å². The van der Waals surface area contributed by atoms with Gasteiger partial charge in [-0.2, -0.15) is 4.31 Å². The third kappa shape index (κ3) is 4.68. The van der Waals surface area contributed by atoms with Crippen LogP contribution in [0.15, 0.2) is 40.6 Å². The van der Waals surface area contributed by atoms with Gasteiger partial charge in [0.15, 0.2) is 6.17 Å². The van der Waals surface area contributed by atoms with Gasteiger partial charge in [-0.3, -0.25) is 9.59 Å². The van der Waals surface area contributed by atoms with Gasteiger partial charge in [0.2, 0.25) is 0 Å². The number of nitrogens with two attached hydrogens (primary N) is 1. The van der Waals surface area contributed by atoms with Crippen LogP contribution in [0.1, 0.15) is 22.3 Å². The number of rotatable bonds is 6. The number of amides is 2. The average Bonchev–Trinajstić information content (AvgIpc) is 3.18. The fraction of sp³-hybridized carbons (Fsp3) is 0.368. The molecule has 1 aliphatic heterocycles. The van der Waals surface area contributed by atoms with Crippen molar-refractivity contribution in [3.63, 3.8) is 0 Å². The predicted molar refractivity (Wildman–Crippen MR) is 116 cm³/mol. The minimum atomic E-state index is -4.03. The van der Waals surface area contributed by atoms with Crippen molar-refractivity contribution in [2.45, 2.75) is 23.7 Å². The molecule has 11 heteroatoms. The Kier molecular flexibility index (Phi) is 7.14. The Labute approximate surface area is 184 Å². The van der Waals surface area contributed by atoms with Crippen molar-refractivity contribution in [2.75, 3.05) is 26.2 Å². The molecule has 0 bridgehead atoms. The van der Waals surface area contributed by atoms with Crippen molar-refractivity contribution in [1.29, 1.82) is 0 Å². The number of benzene rings is 1. The molecule has 8 nitrogen and oxygen atoms in total. The first-order chi connectivity index (χ1) is 14.3. The smallest absolute Gasteiger partial charge is 0.259 e. The molecule has 0 spiro atoms. The van der Waals surface area contributed by atoms with Crippen molar-refractivity contribution in [1.82, 2.24) is 14.5 Å². The van der Waals surface area contributed by atoms with E-state index in [2.05, 4.69) is 5.32 Å². The number of sulfonamides is 1. The number of hydrogen-bond donors (Lipinski definition) is 2. The monoisotopic (exact) mass is 470 g/mol. The van der Waals surface area contributed by atoms with Crippen LogP contribution >= 0.6 is 22.9 Å². The van der Waals surface area contributed by atoms with E-state index < -0.39 is 28.0 Å². The molecule has 1 atom stereocenters. The highest BCUT2D eigenvalue weighted by Crippen LogP contribution is 2.31. The summed E-state index contributed by atoms with van der Waals surface area (Å²) in [7, 11) is -4.03. The summed E-state index contributed by atoms with van der Waals surface area (Å²) in [4.78, 5) is 27.5. The third-order valence-corrected chi connectivity index (χ3v) is 8.25. The van der Waals surface area contributed by atoms with E-state index in [-0.39, 0.29) is 30.4 Å². The van der Waals surface area contributed by atoms with Gasteiger partial charge < -0.3 is 16.0 Å². The first-order valence-corrected chi connectivity index (χ1v) is 12.0. The maximum Gasteiger partial charge on any atom is 0.259 e. The average molecular weight is 471 g/mol. The summed E-state index contributed by atoms with van der Waals surface area (Å²) in [6, 6.07) is 9.81. The van der Waals surface area contributed by atoms with E-state index in [9.17, 15) is 18.0 Å². The highest BCUT2D eigenvalue weighted by Gasteiger charge is 2.44. The van der Waals surface area contributed by atoms with Crippen LogP contribution in [0.2, 0.25) is 4.34 Å². The van der Waals surface area contributed by atoms with Crippen LogP contribution in [-0.2, 0) is 14.8 Å². The van der Waals surface area contributed by atoms with Gasteiger partial charge in [-0.05, 0) is 37.6 Å². The zero-order valence-corrected chi connectivity index (χ0v) is 18.8. The molecule has 2 amide bonds. The largest absolute Gasteiger partial charge is 0.352 e. The second-order valence-corrected chi connectivity index (χ2v) is 10.7. The standard InChI is InChI=1S/C19H23ClN4O4S2/c1-13-3-5-14(6-4-13)19(26)23-11-2-12-24(18(23)17(25)22-10-9-21)30(27,28)16-8-7-15(20)29-16/h3-8,18H,2,9-12,21H2,1H3,(H,22,25). The zero-order valence-electron chi connectivity index (χ0n) is 16.4. The van der Waals surface area contributed by atoms with E-state index in [4.69, 9.17) is 17.3 Å². The quantitative estimate of drug-likeness (QED) is 0.666. The van der Waals surface area contributed by atoms with E-state index in [0.717, 1.165) is 21.2 Å². The molecule has 0 saturated carbocycles. The number of halogens is 1. The van der Waals surface area contributed by atoms with Gasteiger partial charge in [-0.15, -0.1) is 11.3 Å². The maximum atomic E-state index is 13.3. The second-order valence-electron chi connectivity index (χ2n) is 6.85. The molecule has 1 aromatic heterocycles. The Morgan fingerprint density at radius 1 is 1.20 bits per heavy atom. The number of carbonyl (C=O) groups excluding carboxylic acids is 2. The summed E-state index contributed by atoms with van der Waals surface area (Å²) in [6.07, 6.45) is -0.915. The van der Waals surface area contributed by atoms with Crippen molar-refractivity contribution in [3.05, 3.63) is 51.9 Å². The van der Waals surface area contributed by atoms with Crippen LogP contribution in [0.4, 0.5) is 0 Å². The van der Waals surface area contributed by atoms with Crippen molar-refractivity contribution < 1.29 is 18.0 Å². The van der Waals surface area contributed by atoms with Crippen LogP contribution < -0.4 is 11.1 Å². The summed E-state index contributed by atoms with van der Waals surface area (Å²) in [5.74, 6) is -1.00. The minimum absolute atomic E-state index is 0.0220. The van der Waals surface area contributed by atoms with Crippen molar-refractivity contribution >= 4 is 44.8 Å². The van der Waals surface area contributed by atoms with Crippen molar-refractivity contribution in [3.8, 4) is 0 Å². The van der Waals surface area contributed by atoms with Gasteiger partial charge in [0.25, 0.3) is 21.8 Å². The molecule has 1 fully saturated rings. The topological polar surface area (TPSA) is 113 Å². The molecule has 2 heterocycles. The molecule has 3 N–H and O–H groups in total. The lowest BCUT2D eigenvalue weighted by molar-refractivity contribution is -0.130. The van der Waals surface area contributed by atoms with Crippen LogP contribution in [-0.4, -0.2) is 61.8 Å². The summed E-state index contributed by atoms with van der Waals surface area (Å²) in [6.45, 7) is 2.62. The fourth-order valence-corrected chi connectivity index (χ4v) is 6.44. The summed E-state index contributed by atoms with van der Waals surface area (Å²) in [5.41, 5.74) is 6.85. The molecule has 1 aliphatic rings. The van der Waals surface area contributed by atoms with Gasteiger partial charge in [0.1, 0.15) is 4.21 Å². The van der Waals surface area contributed by atoms with Gasteiger partial charge in [0.05, 0.1) is 4.34 Å². The van der Waals surface area contributed by atoms with E-state index in [1.165, 1.54) is 17.0 Å². The Hall–Kier alpha value is -1.98. The van der Waals surface area contributed by atoms with Crippen molar-refractivity contribution in [2.24, 2.45) is 5.73 Å². The highest BCUT2D eigenvalue weighted by atomic mass is 35.5. The maximum absolute atomic E-state index is 13.3. The number of carbonyl (C=O) groups is 2. The number of nitrogens with one attached hydrogen (secondary N) is 1. The molecule has 162 valence electrons. The Morgan fingerprint density at radius 3 is 2.50 bits per heavy atom. The second kappa shape index (κ2) is 9.44. The van der Waals surface area contributed by atoms with Crippen LogP contribution in [0.3, 0.4) is 0 Å². The molecule has 1 aromatic carbocycles. The molecule has 2 aromatic rings. The van der Waals surface area contributed by atoms with Crippen LogP contribution in [0, 0.1) is 6.92 Å². The van der Waals surface area contributed by atoms with Gasteiger partial charge in [-0.1, -0.05) is 29.3 Å². The Bertz CT molecular complexity index is 1020. The molecule has 1 unspecified atom stereocenters. The minimum Gasteiger partial charge on any atom is -0.352 e. The predicted octanol–water partition coefficient (Wildman–Crippen LogP) is 1.65. The lowest BCUT2D eigenvalue weighted by Crippen LogP contribution is -2.63. The van der Waals surface area contributed by atoms with E-state index in [0.29, 0.717) is 16.3 Å². The van der Waals surface area contributed by atoms with Crippen LogP contribution in [0.5, 0.6) is 0 Å². The van der Waals surface area contributed by atoms with Gasteiger partial charge in [0, 0.05) is 31.7 Å². The lowest BCUT2D eigenvalue weighted by atomic mass is 10.1. The molecular formula is C19H23ClN4O4S2. The first kappa shape index (κ1) is 22.7. The summed E-state index contributed by atoms with van der Waals surface area (Å²) >= 11 is 6.83. The molecule has 1 saturated heterocycles. The number of thiophene rings is 1. The summed E-state index contributed by atoms with van der Waals surface area (Å²) in [5, 5.41) is 2.62. The highest BCUT2D eigenvalue weighted by molar-refractivity contribution is 7.91. The molecule has 3 rings (SSSR count). The third-order valence-electron chi connectivity index (χ3n) is 4.69. The number of hydrogen-bond acceptors (Lipinski definition) is 6. The van der Waals surface area contributed by atoms with E-state index in [1.54, 1.807) is 24.3 Å². The number of aryl methyl sites for hydroxylation is 1. The SMILES string of the molecule is Cc1ccc(C(=O)N2CCCN(S(=O)(=O)c3ccc(Cl)s3)C2C(=O)NCCN)cc1. The van der Waals surface area contributed by atoms with Crippen LogP contribution in [0.25, 0.3) is 0 Å². The summed E-state index contributed by atoms with van der Waals surface area (Å²) < 4.78 is 28.0. The Morgan fingerprint density at radius 2 is 1.90 bits per heavy atom. The normalized spacial score (nSPS) is 17.7. The lowest BCUT2D eigenvalue weighted by Gasteiger charge is -2.41. The van der Waals surface area contributed by atoms with E-state index >= 15 is 0 Å². The fourth-order valence-electron chi connectivity index (χ4n) is 3.23. The molecule has 30 heavy (non-hydrogen) atoms.